The van der Waals surface area contributed by atoms with Crippen molar-refractivity contribution in [3.8, 4) is 0 Å². The third-order valence-corrected chi connectivity index (χ3v) is 6.39. The number of fused-ring (bicyclic) bond motifs is 1. The molecule has 2 atom stereocenters. The summed E-state index contributed by atoms with van der Waals surface area (Å²) in [7, 11) is 0. The van der Waals surface area contributed by atoms with Crippen molar-refractivity contribution in [2.45, 2.75) is 58.3 Å². The topological polar surface area (TPSA) is 66.6 Å². The minimum Gasteiger partial charge on any atom is -0.376 e. The number of hydrogen-bond donors (Lipinski definition) is 2. The van der Waals surface area contributed by atoms with Gasteiger partial charge in [-0.25, -0.2) is 0 Å². The molecule has 0 bridgehead atoms. The second kappa shape index (κ2) is 9.45. The molecule has 2 aliphatic heterocycles. The number of nitrogens with zero attached hydrogens (tertiary/aromatic N) is 1. The summed E-state index contributed by atoms with van der Waals surface area (Å²) < 4.78 is 11.5. The maximum absolute atomic E-state index is 12.8. The number of H-pyrrole nitrogens is 1. The summed E-state index contributed by atoms with van der Waals surface area (Å²) in [6.07, 6.45) is 4.62. The molecule has 0 saturated carbocycles. The molecule has 3 heterocycles. The van der Waals surface area contributed by atoms with E-state index in [9.17, 15) is 4.79 Å². The number of pyridine rings is 1. The van der Waals surface area contributed by atoms with E-state index in [0.29, 0.717) is 30.3 Å². The van der Waals surface area contributed by atoms with Crippen LogP contribution in [-0.4, -0.2) is 53.5 Å². The first kappa shape index (κ1) is 21.3. The Morgan fingerprint density at radius 2 is 1.90 bits per heavy atom. The first-order valence-electron chi connectivity index (χ1n) is 10.9. The van der Waals surface area contributed by atoms with Crippen molar-refractivity contribution in [1.29, 1.82) is 0 Å². The smallest absolute Gasteiger partial charge is 0.253 e. The molecule has 2 aliphatic rings. The van der Waals surface area contributed by atoms with Gasteiger partial charge in [0.05, 0.1) is 18.8 Å². The van der Waals surface area contributed by atoms with E-state index in [4.69, 9.17) is 21.7 Å². The van der Waals surface area contributed by atoms with Crippen molar-refractivity contribution in [2.24, 2.45) is 0 Å². The Morgan fingerprint density at radius 3 is 2.60 bits per heavy atom. The molecule has 7 heteroatoms. The van der Waals surface area contributed by atoms with Crippen LogP contribution in [0.15, 0.2) is 23.0 Å². The molecule has 2 N–H and O–H groups in total. The fourth-order valence-electron chi connectivity index (χ4n) is 4.41. The Kier molecular flexibility index (Phi) is 6.71. The van der Waals surface area contributed by atoms with Gasteiger partial charge < -0.3 is 24.7 Å². The SMILES string of the molecule is Cc1cc(C)c2cc(CN(C[C@H]3CCCO3)C(=S)NC[C@H]3CCCO3)c(=O)[nH]c2c1. The Bertz CT molecular complexity index is 962. The number of thiocarbonyl (C=S) groups is 1. The Hall–Kier alpha value is -1.96. The molecule has 2 fully saturated rings. The van der Waals surface area contributed by atoms with E-state index in [1.807, 2.05) is 19.1 Å². The average Bonchev–Trinajstić information content (AvgIpc) is 3.40. The van der Waals surface area contributed by atoms with Crippen LogP contribution in [0.4, 0.5) is 0 Å². The van der Waals surface area contributed by atoms with Gasteiger partial charge in [0.2, 0.25) is 0 Å². The molecule has 6 nitrogen and oxygen atoms in total. The highest BCUT2D eigenvalue weighted by Crippen LogP contribution is 2.20. The molecule has 0 spiro atoms. The van der Waals surface area contributed by atoms with Crippen LogP contribution in [0.5, 0.6) is 0 Å². The first-order chi connectivity index (χ1) is 14.5. The Labute approximate surface area is 182 Å². The fraction of sp³-hybridized carbons (Fsp3) is 0.565. The van der Waals surface area contributed by atoms with Gasteiger partial charge in [-0.15, -0.1) is 0 Å². The fourth-order valence-corrected chi connectivity index (χ4v) is 4.63. The second-order valence-electron chi connectivity index (χ2n) is 8.50. The van der Waals surface area contributed by atoms with Crippen LogP contribution in [0.1, 0.15) is 42.4 Å². The van der Waals surface area contributed by atoms with Crippen LogP contribution in [0.25, 0.3) is 10.9 Å². The van der Waals surface area contributed by atoms with Crippen molar-refractivity contribution in [3.05, 3.63) is 45.2 Å². The molecule has 0 radical (unpaired) electrons. The second-order valence-corrected chi connectivity index (χ2v) is 8.89. The number of ether oxygens (including phenoxy) is 2. The van der Waals surface area contributed by atoms with Crippen LogP contribution in [0.3, 0.4) is 0 Å². The van der Waals surface area contributed by atoms with Crippen LogP contribution in [-0.2, 0) is 16.0 Å². The summed E-state index contributed by atoms with van der Waals surface area (Å²) in [5, 5.41) is 5.09. The zero-order valence-electron chi connectivity index (χ0n) is 17.8. The number of aromatic amines is 1. The molecule has 30 heavy (non-hydrogen) atoms. The van der Waals surface area contributed by atoms with Crippen molar-refractivity contribution < 1.29 is 9.47 Å². The maximum Gasteiger partial charge on any atom is 0.253 e. The molecular weight excluding hydrogens is 398 g/mol. The van der Waals surface area contributed by atoms with E-state index < -0.39 is 0 Å². The molecule has 0 unspecified atom stereocenters. The number of rotatable bonds is 6. The molecule has 2 aromatic rings. The highest BCUT2D eigenvalue weighted by molar-refractivity contribution is 7.80. The summed E-state index contributed by atoms with van der Waals surface area (Å²) in [5.41, 5.74) is 3.83. The average molecular weight is 430 g/mol. The minimum atomic E-state index is -0.0632. The lowest BCUT2D eigenvalue weighted by molar-refractivity contribution is 0.0885. The minimum absolute atomic E-state index is 0.0632. The van der Waals surface area contributed by atoms with E-state index in [2.05, 4.69) is 28.2 Å². The lowest BCUT2D eigenvalue weighted by Crippen LogP contribution is -2.45. The van der Waals surface area contributed by atoms with Crippen molar-refractivity contribution in [2.75, 3.05) is 26.3 Å². The third kappa shape index (κ3) is 5.02. The van der Waals surface area contributed by atoms with Crippen LogP contribution >= 0.6 is 12.2 Å². The summed E-state index contributed by atoms with van der Waals surface area (Å²) in [6.45, 7) is 7.58. The predicted octanol–water partition coefficient (Wildman–Crippen LogP) is 3.18. The summed E-state index contributed by atoms with van der Waals surface area (Å²) in [5.74, 6) is 0. The van der Waals surface area contributed by atoms with Crippen molar-refractivity contribution in [3.63, 3.8) is 0 Å². The standard InChI is InChI=1S/C23H31N3O3S/c1-15-9-16(2)20-11-17(22(27)25-21(20)10-15)13-26(14-19-6-4-8-29-19)23(30)24-12-18-5-3-7-28-18/h9-11,18-19H,3-8,12-14H2,1-2H3,(H,24,30)(H,25,27)/t18-,19-/m1/s1. The van der Waals surface area contributed by atoms with Gasteiger partial charge in [0.25, 0.3) is 5.56 Å². The quantitative estimate of drug-likeness (QED) is 0.688. The highest BCUT2D eigenvalue weighted by Gasteiger charge is 2.23. The maximum atomic E-state index is 12.8. The van der Waals surface area contributed by atoms with Gasteiger partial charge in [0.1, 0.15) is 0 Å². The van der Waals surface area contributed by atoms with Crippen LogP contribution in [0.2, 0.25) is 0 Å². The predicted molar refractivity (Wildman–Crippen MR) is 123 cm³/mol. The highest BCUT2D eigenvalue weighted by atomic mass is 32.1. The van der Waals surface area contributed by atoms with Gasteiger partial charge in [-0.2, -0.15) is 0 Å². The Morgan fingerprint density at radius 1 is 1.17 bits per heavy atom. The zero-order valence-corrected chi connectivity index (χ0v) is 18.6. The van der Waals surface area contributed by atoms with Gasteiger partial charge >= 0.3 is 0 Å². The molecule has 1 aromatic heterocycles. The van der Waals surface area contributed by atoms with Gasteiger partial charge in [-0.1, -0.05) is 6.07 Å². The number of nitrogens with one attached hydrogen (secondary N) is 2. The van der Waals surface area contributed by atoms with Gasteiger partial charge in [-0.3, -0.25) is 4.79 Å². The lowest BCUT2D eigenvalue weighted by atomic mass is 10.0. The first-order valence-corrected chi connectivity index (χ1v) is 11.3. The normalized spacial score (nSPS) is 21.3. The molecule has 4 rings (SSSR count). The molecular formula is C23H31N3O3S. The van der Waals surface area contributed by atoms with E-state index in [1.165, 1.54) is 0 Å². The number of benzene rings is 1. The monoisotopic (exact) mass is 429 g/mol. The van der Waals surface area contributed by atoms with E-state index in [0.717, 1.165) is 60.9 Å². The number of aryl methyl sites for hydroxylation is 2. The third-order valence-electron chi connectivity index (χ3n) is 5.99. The molecule has 0 amide bonds. The Balaban J connectivity index is 1.54. The largest absolute Gasteiger partial charge is 0.376 e. The zero-order chi connectivity index (χ0) is 21.1. The van der Waals surface area contributed by atoms with Gasteiger partial charge in [-0.05, 0) is 75.0 Å². The van der Waals surface area contributed by atoms with E-state index in [-0.39, 0.29) is 17.8 Å². The number of aromatic nitrogens is 1. The van der Waals surface area contributed by atoms with Crippen molar-refractivity contribution in [1.82, 2.24) is 15.2 Å². The summed E-state index contributed by atoms with van der Waals surface area (Å²) in [6, 6.07) is 6.17. The summed E-state index contributed by atoms with van der Waals surface area (Å²) in [4.78, 5) is 17.9. The molecule has 0 aliphatic carbocycles. The van der Waals surface area contributed by atoms with E-state index in [1.54, 1.807) is 0 Å². The van der Waals surface area contributed by atoms with Gasteiger partial charge in [0.15, 0.2) is 5.11 Å². The lowest BCUT2D eigenvalue weighted by Gasteiger charge is -2.29. The molecule has 162 valence electrons. The van der Waals surface area contributed by atoms with Crippen LogP contribution in [0, 0.1) is 13.8 Å². The van der Waals surface area contributed by atoms with Crippen LogP contribution < -0.4 is 10.9 Å². The van der Waals surface area contributed by atoms with Crippen molar-refractivity contribution >= 4 is 28.2 Å². The number of hydrogen-bond acceptors (Lipinski definition) is 4. The molecule has 2 saturated heterocycles. The summed E-state index contributed by atoms with van der Waals surface area (Å²) >= 11 is 5.72. The van der Waals surface area contributed by atoms with Gasteiger partial charge in [0, 0.05) is 42.8 Å². The molecule has 1 aromatic carbocycles. The van der Waals surface area contributed by atoms with E-state index >= 15 is 0 Å².